The Kier molecular flexibility index (Phi) is 5.00. The van der Waals surface area contributed by atoms with Crippen LogP contribution in [0.25, 0.3) is 0 Å². The van der Waals surface area contributed by atoms with E-state index < -0.39 is 10.0 Å². The molecule has 0 saturated carbocycles. The van der Waals surface area contributed by atoms with Gasteiger partial charge in [0.1, 0.15) is 12.0 Å². The first-order chi connectivity index (χ1) is 9.98. The molecule has 116 valence electrons. The maximum Gasteiger partial charge on any atom is 0.243 e. The molecule has 0 bridgehead atoms. The van der Waals surface area contributed by atoms with Gasteiger partial charge in [-0.05, 0) is 50.5 Å². The minimum atomic E-state index is -3.49. The number of benzene rings is 1. The zero-order valence-corrected chi connectivity index (χ0v) is 13.2. The molecule has 0 N–H and O–H groups in total. The third-order valence-corrected chi connectivity index (χ3v) is 5.67. The third-order valence-electron chi connectivity index (χ3n) is 3.78. The third kappa shape index (κ3) is 3.44. The highest BCUT2D eigenvalue weighted by Crippen LogP contribution is 2.26. The van der Waals surface area contributed by atoms with Gasteiger partial charge in [-0.25, -0.2) is 8.42 Å². The Morgan fingerprint density at radius 1 is 1.33 bits per heavy atom. The number of sulfonamides is 1. The lowest BCUT2D eigenvalue weighted by Crippen LogP contribution is -2.38. The number of aldehydes is 1. The molecule has 1 aromatic rings. The van der Waals surface area contributed by atoms with Crippen LogP contribution in [0.5, 0.6) is 5.75 Å². The molecule has 1 fully saturated rings. The number of aryl methyl sites for hydroxylation is 1. The Balaban J connectivity index is 2.20. The van der Waals surface area contributed by atoms with E-state index in [1.165, 1.54) is 4.31 Å². The van der Waals surface area contributed by atoms with Crippen molar-refractivity contribution in [2.75, 3.05) is 19.7 Å². The summed E-state index contributed by atoms with van der Waals surface area (Å²) in [5.41, 5.74) is 0.806. The number of carbonyl (C=O) groups excluding carboxylic acids is 1. The Morgan fingerprint density at radius 3 is 2.52 bits per heavy atom. The van der Waals surface area contributed by atoms with Gasteiger partial charge in [-0.15, -0.1) is 0 Å². The zero-order chi connectivity index (χ0) is 15.5. The number of piperidine rings is 1. The van der Waals surface area contributed by atoms with Gasteiger partial charge < -0.3 is 9.53 Å². The molecule has 6 heteroatoms. The molecule has 5 nitrogen and oxygen atoms in total. The van der Waals surface area contributed by atoms with E-state index in [-0.39, 0.29) is 10.8 Å². The number of hydrogen-bond acceptors (Lipinski definition) is 4. The summed E-state index contributed by atoms with van der Waals surface area (Å²) in [6.45, 7) is 5.08. The van der Waals surface area contributed by atoms with Crippen LogP contribution in [-0.4, -0.2) is 38.7 Å². The second-order valence-electron chi connectivity index (χ2n) is 5.24. The van der Waals surface area contributed by atoms with E-state index in [2.05, 4.69) is 0 Å². The van der Waals surface area contributed by atoms with Crippen molar-refractivity contribution >= 4 is 16.3 Å². The van der Waals surface area contributed by atoms with Crippen LogP contribution in [0.1, 0.15) is 25.3 Å². The van der Waals surface area contributed by atoms with Crippen molar-refractivity contribution in [3.8, 4) is 5.75 Å². The Labute approximate surface area is 126 Å². The van der Waals surface area contributed by atoms with E-state index in [1.54, 1.807) is 18.2 Å². The summed E-state index contributed by atoms with van der Waals surface area (Å²) in [5, 5.41) is 0. The van der Waals surface area contributed by atoms with Crippen LogP contribution in [0, 0.1) is 12.8 Å². The summed E-state index contributed by atoms with van der Waals surface area (Å²) < 4.78 is 32.1. The average Bonchev–Trinajstić information content (AvgIpc) is 2.49. The predicted molar refractivity (Wildman–Crippen MR) is 79.9 cm³/mol. The number of hydrogen-bond donors (Lipinski definition) is 0. The van der Waals surface area contributed by atoms with Gasteiger partial charge in [-0.3, -0.25) is 0 Å². The van der Waals surface area contributed by atoms with Crippen LogP contribution < -0.4 is 4.74 Å². The van der Waals surface area contributed by atoms with Crippen molar-refractivity contribution in [3.05, 3.63) is 23.8 Å². The maximum atomic E-state index is 12.6. The summed E-state index contributed by atoms with van der Waals surface area (Å²) in [7, 11) is -3.49. The lowest BCUT2D eigenvalue weighted by atomic mass is 10.0. The Bertz CT molecular complexity index is 604. The van der Waals surface area contributed by atoms with Gasteiger partial charge in [-0.1, -0.05) is 0 Å². The molecular formula is C15H21NO4S. The molecule has 0 aromatic heterocycles. The second kappa shape index (κ2) is 6.58. The van der Waals surface area contributed by atoms with Crippen LogP contribution in [0.15, 0.2) is 23.1 Å². The van der Waals surface area contributed by atoms with Crippen molar-refractivity contribution in [3.63, 3.8) is 0 Å². The summed E-state index contributed by atoms with van der Waals surface area (Å²) in [6, 6.07) is 4.93. The summed E-state index contributed by atoms with van der Waals surface area (Å²) in [5.74, 6) is 0.689. The van der Waals surface area contributed by atoms with Gasteiger partial charge in [0.25, 0.3) is 0 Å². The fraction of sp³-hybridized carbons (Fsp3) is 0.533. The first kappa shape index (κ1) is 16.0. The molecule has 0 atom stereocenters. The lowest BCUT2D eigenvalue weighted by molar-refractivity contribution is -0.112. The van der Waals surface area contributed by atoms with Crippen molar-refractivity contribution < 1.29 is 17.9 Å². The smallest absolute Gasteiger partial charge is 0.243 e. The highest BCUT2D eigenvalue weighted by molar-refractivity contribution is 7.89. The number of ether oxygens (including phenoxy) is 1. The minimum Gasteiger partial charge on any atom is -0.494 e. The van der Waals surface area contributed by atoms with Gasteiger partial charge in [0, 0.05) is 19.0 Å². The van der Waals surface area contributed by atoms with E-state index in [0.717, 1.165) is 11.8 Å². The number of rotatable bonds is 5. The molecule has 21 heavy (non-hydrogen) atoms. The van der Waals surface area contributed by atoms with Crippen molar-refractivity contribution in [1.29, 1.82) is 0 Å². The van der Waals surface area contributed by atoms with Gasteiger partial charge >= 0.3 is 0 Å². The predicted octanol–water partition coefficient (Wildman–Crippen LogP) is 1.99. The average molecular weight is 311 g/mol. The second-order valence-corrected chi connectivity index (χ2v) is 7.18. The molecule has 0 radical (unpaired) electrons. The van der Waals surface area contributed by atoms with Crippen LogP contribution >= 0.6 is 0 Å². The molecule has 0 unspecified atom stereocenters. The summed E-state index contributed by atoms with van der Waals surface area (Å²) in [4.78, 5) is 11.0. The monoisotopic (exact) mass is 311 g/mol. The molecule has 1 aromatic carbocycles. The minimum absolute atomic E-state index is 0.0153. The molecule has 1 aliphatic rings. The molecule has 1 aliphatic heterocycles. The molecule has 0 spiro atoms. The van der Waals surface area contributed by atoms with E-state index >= 15 is 0 Å². The van der Waals surface area contributed by atoms with Crippen LogP contribution in [-0.2, 0) is 14.8 Å². The fourth-order valence-electron chi connectivity index (χ4n) is 2.50. The standard InChI is InChI=1S/C15H21NO4S/c1-3-20-15-5-4-14(10-12(15)2)21(18,19)16-8-6-13(11-17)7-9-16/h4-5,10-11,13H,3,6-9H2,1-2H3. The van der Waals surface area contributed by atoms with E-state index in [9.17, 15) is 13.2 Å². The van der Waals surface area contributed by atoms with Crippen molar-refractivity contribution in [2.45, 2.75) is 31.6 Å². The van der Waals surface area contributed by atoms with Crippen LogP contribution in [0.4, 0.5) is 0 Å². The van der Waals surface area contributed by atoms with Gasteiger partial charge in [-0.2, -0.15) is 4.31 Å². The molecule has 2 rings (SSSR count). The van der Waals surface area contributed by atoms with Crippen molar-refractivity contribution in [2.24, 2.45) is 5.92 Å². The zero-order valence-electron chi connectivity index (χ0n) is 12.4. The normalized spacial score (nSPS) is 17.6. The number of nitrogens with zero attached hydrogens (tertiary/aromatic N) is 1. The number of carbonyl (C=O) groups is 1. The first-order valence-corrected chi connectivity index (χ1v) is 8.62. The van der Waals surface area contributed by atoms with E-state index in [1.807, 2.05) is 13.8 Å². The molecule has 0 aliphatic carbocycles. The van der Waals surface area contributed by atoms with E-state index in [0.29, 0.717) is 38.3 Å². The maximum absolute atomic E-state index is 12.6. The Hall–Kier alpha value is -1.40. The molecule has 0 amide bonds. The topological polar surface area (TPSA) is 63.7 Å². The SMILES string of the molecule is CCOc1ccc(S(=O)(=O)N2CCC(C=O)CC2)cc1C. The first-order valence-electron chi connectivity index (χ1n) is 7.18. The van der Waals surface area contributed by atoms with Gasteiger partial charge in [0.05, 0.1) is 11.5 Å². The van der Waals surface area contributed by atoms with Gasteiger partial charge in [0.15, 0.2) is 0 Å². The van der Waals surface area contributed by atoms with Gasteiger partial charge in [0.2, 0.25) is 10.0 Å². The van der Waals surface area contributed by atoms with E-state index in [4.69, 9.17) is 4.74 Å². The summed E-state index contributed by atoms with van der Waals surface area (Å²) >= 11 is 0. The Morgan fingerprint density at radius 2 is 2.00 bits per heavy atom. The summed E-state index contributed by atoms with van der Waals surface area (Å²) in [6.07, 6.45) is 2.11. The molecule has 1 saturated heterocycles. The molecular weight excluding hydrogens is 290 g/mol. The molecule has 1 heterocycles. The van der Waals surface area contributed by atoms with Crippen LogP contribution in [0.2, 0.25) is 0 Å². The van der Waals surface area contributed by atoms with Crippen molar-refractivity contribution in [1.82, 2.24) is 4.31 Å². The quantitative estimate of drug-likeness (QED) is 0.780. The highest BCUT2D eigenvalue weighted by Gasteiger charge is 2.29. The van der Waals surface area contributed by atoms with Crippen LogP contribution in [0.3, 0.4) is 0 Å². The fourth-order valence-corrected chi connectivity index (χ4v) is 4.06. The largest absolute Gasteiger partial charge is 0.494 e. The lowest BCUT2D eigenvalue weighted by Gasteiger charge is -2.29. The highest BCUT2D eigenvalue weighted by atomic mass is 32.2.